The van der Waals surface area contributed by atoms with Crippen LogP contribution in [0.3, 0.4) is 0 Å². The van der Waals surface area contributed by atoms with Crippen LogP contribution in [0.15, 0.2) is 54.6 Å². The normalized spacial score (nSPS) is 10.8. The van der Waals surface area contributed by atoms with E-state index in [0.29, 0.717) is 34.5 Å². The topological polar surface area (TPSA) is 83.6 Å². The Bertz CT molecular complexity index is 1170. The summed E-state index contributed by atoms with van der Waals surface area (Å²) >= 11 is 0. The van der Waals surface area contributed by atoms with E-state index in [9.17, 15) is 10.1 Å². The van der Waals surface area contributed by atoms with Crippen molar-refractivity contribution in [2.24, 2.45) is 0 Å². The molecule has 4 aromatic rings. The third-order valence-corrected chi connectivity index (χ3v) is 4.17. The summed E-state index contributed by atoms with van der Waals surface area (Å²) in [6, 6.07) is 19.2. The molecule has 6 heteroatoms. The lowest BCUT2D eigenvalue weighted by Gasteiger charge is -2.11. The summed E-state index contributed by atoms with van der Waals surface area (Å²) < 4.78 is 1.78. The molecule has 2 aromatic carbocycles. The summed E-state index contributed by atoms with van der Waals surface area (Å²) in [7, 11) is 0. The molecule has 0 unspecified atom stereocenters. The Morgan fingerprint density at radius 1 is 1.08 bits per heavy atom. The van der Waals surface area contributed by atoms with Crippen LogP contribution in [0.4, 0.5) is 5.82 Å². The Kier molecular flexibility index (Phi) is 3.82. The molecule has 26 heavy (non-hydrogen) atoms. The van der Waals surface area contributed by atoms with E-state index in [1.807, 2.05) is 54.6 Å². The predicted molar refractivity (Wildman–Crippen MR) is 100 cm³/mol. The van der Waals surface area contributed by atoms with Crippen LogP contribution >= 0.6 is 0 Å². The maximum absolute atomic E-state index is 12.1. The number of para-hydroxylation sites is 3. The second-order valence-corrected chi connectivity index (χ2v) is 5.79. The molecule has 0 atom stereocenters. The molecule has 0 aliphatic rings. The van der Waals surface area contributed by atoms with Gasteiger partial charge in [0.15, 0.2) is 5.65 Å². The van der Waals surface area contributed by atoms with Crippen molar-refractivity contribution >= 4 is 33.9 Å². The van der Waals surface area contributed by atoms with E-state index in [0.717, 1.165) is 11.2 Å². The highest BCUT2D eigenvalue weighted by molar-refractivity contribution is 5.99. The fourth-order valence-corrected chi connectivity index (χ4v) is 2.92. The van der Waals surface area contributed by atoms with Crippen LogP contribution in [0.2, 0.25) is 0 Å². The van der Waals surface area contributed by atoms with Gasteiger partial charge in [-0.1, -0.05) is 37.3 Å². The molecule has 2 heterocycles. The molecule has 6 nitrogen and oxygen atoms in total. The number of carbonyl (C=O) groups is 1. The van der Waals surface area contributed by atoms with E-state index in [1.54, 1.807) is 11.5 Å². The standard InChI is InChI=1S/C20H15N5O/c1-2-17(26)24-19-14(12-21)18-20(25(19)13-8-4-3-5-9-13)23-16-11-7-6-10-15(16)22-18/h3-11H,2H2,1H3,(H,24,26). The maximum Gasteiger partial charge on any atom is 0.225 e. The molecule has 1 N–H and O–H groups in total. The smallest absolute Gasteiger partial charge is 0.225 e. The highest BCUT2D eigenvalue weighted by Crippen LogP contribution is 2.32. The first-order chi connectivity index (χ1) is 12.7. The molecule has 0 saturated heterocycles. The number of benzene rings is 2. The minimum absolute atomic E-state index is 0.175. The zero-order valence-electron chi connectivity index (χ0n) is 14.1. The van der Waals surface area contributed by atoms with Gasteiger partial charge in [-0.25, -0.2) is 9.97 Å². The first kappa shape index (κ1) is 15.8. The van der Waals surface area contributed by atoms with Gasteiger partial charge in [0.25, 0.3) is 0 Å². The lowest BCUT2D eigenvalue weighted by atomic mass is 10.2. The lowest BCUT2D eigenvalue weighted by molar-refractivity contribution is -0.115. The molecule has 126 valence electrons. The zero-order chi connectivity index (χ0) is 18.1. The summed E-state index contributed by atoms with van der Waals surface area (Å²) in [5.74, 6) is 0.224. The van der Waals surface area contributed by atoms with Gasteiger partial charge in [-0.3, -0.25) is 9.36 Å². The van der Waals surface area contributed by atoms with Crippen LogP contribution in [0, 0.1) is 11.3 Å². The minimum Gasteiger partial charge on any atom is -0.311 e. The summed E-state index contributed by atoms with van der Waals surface area (Å²) in [6.45, 7) is 1.77. The highest BCUT2D eigenvalue weighted by atomic mass is 16.1. The van der Waals surface area contributed by atoms with Crippen molar-refractivity contribution in [2.45, 2.75) is 13.3 Å². The Labute approximate surface area is 149 Å². The molecule has 0 spiro atoms. The van der Waals surface area contributed by atoms with E-state index >= 15 is 0 Å². The summed E-state index contributed by atoms with van der Waals surface area (Å²) in [6.07, 6.45) is 0.310. The Morgan fingerprint density at radius 3 is 2.38 bits per heavy atom. The van der Waals surface area contributed by atoms with Gasteiger partial charge in [0.1, 0.15) is 23.0 Å². The number of anilines is 1. The Hall–Kier alpha value is -3.72. The molecular formula is C20H15N5O. The molecule has 4 rings (SSSR count). The van der Waals surface area contributed by atoms with Crippen LogP contribution < -0.4 is 5.32 Å². The van der Waals surface area contributed by atoms with Gasteiger partial charge in [-0.2, -0.15) is 5.26 Å². The van der Waals surface area contributed by atoms with E-state index in [1.165, 1.54) is 0 Å². The van der Waals surface area contributed by atoms with E-state index in [4.69, 9.17) is 4.98 Å². The number of fused-ring (bicyclic) bond motifs is 2. The molecular weight excluding hydrogens is 326 g/mol. The number of hydrogen-bond acceptors (Lipinski definition) is 4. The monoisotopic (exact) mass is 341 g/mol. The molecule has 0 aliphatic heterocycles. The molecule has 0 bridgehead atoms. The van der Waals surface area contributed by atoms with Crippen LogP contribution in [0.25, 0.3) is 27.9 Å². The second kappa shape index (κ2) is 6.30. The van der Waals surface area contributed by atoms with E-state index < -0.39 is 0 Å². The summed E-state index contributed by atoms with van der Waals surface area (Å²) in [5.41, 5.74) is 3.56. The lowest BCUT2D eigenvalue weighted by Crippen LogP contribution is -2.14. The number of nitrogens with one attached hydrogen (secondary N) is 1. The van der Waals surface area contributed by atoms with Crippen molar-refractivity contribution in [2.75, 3.05) is 5.32 Å². The molecule has 0 aliphatic carbocycles. The minimum atomic E-state index is -0.175. The van der Waals surface area contributed by atoms with Gasteiger partial charge in [0.2, 0.25) is 5.91 Å². The van der Waals surface area contributed by atoms with E-state index in [2.05, 4.69) is 16.4 Å². The Balaban J connectivity index is 2.13. The Morgan fingerprint density at radius 2 is 1.73 bits per heavy atom. The number of amides is 1. The first-order valence-corrected chi connectivity index (χ1v) is 8.29. The van der Waals surface area contributed by atoms with Gasteiger partial charge < -0.3 is 5.32 Å². The van der Waals surface area contributed by atoms with Crippen LogP contribution in [-0.4, -0.2) is 20.4 Å². The third kappa shape index (κ3) is 2.47. The number of nitriles is 1. The van der Waals surface area contributed by atoms with Crippen LogP contribution in [-0.2, 0) is 4.79 Å². The predicted octanol–water partition coefficient (Wildman–Crippen LogP) is 3.79. The number of aromatic nitrogens is 3. The van der Waals surface area contributed by atoms with Gasteiger partial charge >= 0.3 is 0 Å². The number of nitrogens with zero attached hydrogens (tertiary/aromatic N) is 4. The quantitative estimate of drug-likeness (QED) is 0.614. The van der Waals surface area contributed by atoms with Crippen molar-refractivity contribution in [3.05, 3.63) is 60.2 Å². The third-order valence-electron chi connectivity index (χ3n) is 4.17. The van der Waals surface area contributed by atoms with Gasteiger partial charge in [-0.15, -0.1) is 0 Å². The van der Waals surface area contributed by atoms with Crippen LogP contribution in [0.1, 0.15) is 18.9 Å². The average Bonchev–Trinajstić information content (AvgIpc) is 2.98. The largest absolute Gasteiger partial charge is 0.311 e. The second-order valence-electron chi connectivity index (χ2n) is 5.79. The van der Waals surface area contributed by atoms with Crippen LogP contribution in [0.5, 0.6) is 0 Å². The fourth-order valence-electron chi connectivity index (χ4n) is 2.92. The molecule has 2 aromatic heterocycles. The zero-order valence-corrected chi connectivity index (χ0v) is 14.1. The SMILES string of the molecule is CCC(=O)Nc1c(C#N)c2nc3ccccc3nc2n1-c1ccccc1. The summed E-state index contributed by atoms with van der Waals surface area (Å²) in [4.78, 5) is 21.4. The van der Waals surface area contributed by atoms with Crippen molar-refractivity contribution < 1.29 is 4.79 Å². The van der Waals surface area contributed by atoms with Crippen molar-refractivity contribution in [1.82, 2.24) is 14.5 Å². The van der Waals surface area contributed by atoms with Gasteiger partial charge in [0.05, 0.1) is 11.0 Å². The van der Waals surface area contributed by atoms with Crippen molar-refractivity contribution in [3.63, 3.8) is 0 Å². The van der Waals surface area contributed by atoms with Gasteiger partial charge in [-0.05, 0) is 24.3 Å². The van der Waals surface area contributed by atoms with Crippen molar-refractivity contribution in [1.29, 1.82) is 5.26 Å². The fraction of sp³-hybridized carbons (Fsp3) is 0.100. The molecule has 0 radical (unpaired) electrons. The van der Waals surface area contributed by atoms with Gasteiger partial charge in [0, 0.05) is 12.1 Å². The number of carbonyl (C=O) groups excluding carboxylic acids is 1. The molecule has 0 fully saturated rings. The maximum atomic E-state index is 12.1. The molecule has 0 saturated carbocycles. The average molecular weight is 341 g/mol. The van der Waals surface area contributed by atoms with Crippen molar-refractivity contribution in [3.8, 4) is 11.8 Å². The highest BCUT2D eigenvalue weighted by Gasteiger charge is 2.22. The number of hydrogen-bond donors (Lipinski definition) is 1. The van der Waals surface area contributed by atoms with E-state index in [-0.39, 0.29) is 5.91 Å². The molecule has 1 amide bonds. The summed E-state index contributed by atoms with van der Waals surface area (Å²) in [5, 5.41) is 12.6. The number of rotatable bonds is 3. The first-order valence-electron chi connectivity index (χ1n) is 8.29.